The highest BCUT2D eigenvalue weighted by molar-refractivity contribution is 4.96. The third-order valence-electron chi connectivity index (χ3n) is 4.11. The molecule has 0 spiro atoms. The zero-order chi connectivity index (χ0) is 13.8. The number of nitrogens with one attached hydrogen (secondary N) is 1. The molecule has 0 amide bonds. The van der Waals surface area contributed by atoms with Gasteiger partial charge in [0.25, 0.3) is 0 Å². The van der Waals surface area contributed by atoms with Crippen molar-refractivity contribution in [2.75, 3.05) is 19.6 Å². The van der Waals surface area contributed by atoms with Crippen molar-refractivity contribution in [1.29, 1.82) is 0 Å². The number of unbranched alkanes of at least 4 members (excludes halogenated alkanes) is 3. The van der Waals surface area contributed by atoms with Crippen LogP contribution in [0.4, 0.5) is 0 Å². The van der Waals surface area contributed by atoms with E-state index in [1.165, 1.54) is 38.8 Å². The Balaban J connectivity index is 2.55. The minimum Gasteiger partial charge on any atom is -0.309 e. The van der Waals surface area contributed by atoms with Crippen molar-refractivity contribution in [3.63, 3.8) is 0 Å². The Bertz CT molecular complexity index is 240. The van der Waals surface area contributed by atoms with Crippen LogP contribution in [0, 0.1) is 5.41 Å². The Labute approximate surface area is 115 Å². The third kappa shape index (κ3) is 4.89. The smallest absolute Gasteiger partial charge is 0.0270 e. The first-order chi connectivity index (χ1) is 8.26. The summed E-state index contributed by atoms with van der Waals surface area (Å²) in [5, 5.41) is 3.70. The Hall–Kier alpha value is -0.0800. The van der Waals surface area contributed by atoms with Gasteiger partial charge in [0.1, 0.15) is 0 Å². The molecule has 2 nitrogen and oxygen atoms in total. The van der Waals surface area contributed by atoms with Crippen LogP contribution in [0.25, 0.3) is 0 Å². The van der Waals surface area contributed by atoms with E-state index in [9.17, 15) is 0 Å². The Morgan fingerprint density at radius 1 is 1.17 bits per heavy atom. The molecule has 0 aromatic carbocycles. The van der Waals surface area contributed by atoms with Gasteiger partial charge in [-0.3, -0.25) is 4.90 Å². The number of nitrogens with zero attached hydrogens (tertiary/aromatic N) is 1. The maximum absolute atomic E-state index is 3.70. The summed E-state index contributed by atoms with van der Waals surface area (Å²) in [6.07, 6.45) is 5.46. The summed E-state index contributed by atoms with van der Waals surface area (Å²) < 4.78 is 0. The first-order valence-corrected chi connectivity index (χ1v) is 7.75. The van der Waals surface area contributed by atoms with Crippen LogP contribution in [-0.2, 0) is 0 Å². The SMILES string of the molecule is CCCCCCN1CC(C)(C)NCC1C(C)(C)C. The van der Waals surface area contributed by atoms with Gasteiger partial charge in [-0.2, -0.15) is 0 Å². The quantitative estimate of drug-likeness (QED) is 0.753. The highest BCUT2D eigenvalue weighted by Gasteiger charge is 2.37. The fourth-order valence-corrected chi connectivity index (χ4v) is 3.01. The molecule has 1 saturated heterocycles. The predicted molar refractivity (Wildman–Crippen MR) is 81.0 cm³/mol. The predicted octanol–water partition coefficient (Wildman–Crippen LogP) is 3.67. The Kier molecular flexibility index (Phi) is 5.67. The molecule has 1 N–H and O–H groups in total. The molecule has 1 unspecified atom stereocenters. The number of piperazine rings is 1. The second-order valence-electron chi connectivity index (χ2n) is 7.68. The van der Waals surface area contributed by atoms with Crippen molar-refractivity contribution in [2.45, 2.75) is 78.8 Å². The van der Waals surface area contributed by atoms with Crippen LogP contribution in [0.3, 0.4) is 0 Å². The lowest BCUT2D eigenvalue weighted by atomic mass is 9.82. The molecule has 1 rings (SSSR count). The van der Waals surface area contributed by atoms with Crippen molar-refractivity contribution in [3.8, 4) is 0 Å². The first kappa shape index (κ1) is 16.0. The molecule has 0 bridgehead atoms. The van der Waals surface area contributed by atoms with E-state index in [0.717, 1.165) is 6.54 Å². The van der Waals surface area contributed by atoms with Gasteiger partial charge >= 0.3 is 0 Å². The normalized spacial score (nSPS) is 25.3. The van der Waals surface area contributed by atoms with Gasteiger partial charge in [-0.1, -0.05) is 47.0 Å². The van der Waals surface area contributed by atoms with Gasteiger partial charge in [0.2, 0.25) is 0 Å². The van der Waals surface area contributed by atoms with Crippen LogP contribution in [0.15, 0.2) is 0 Å². The first-order valence-electron chi connectivity index (χ1n) is 7.75. The molecule has 0 aliphatic carbocycles. The molecule has 1 aliphatic heterocycles. The lowest BCUT2D eigenvalue weighted by molar-refractivity contribution is 0.0320. The second kappa shape index (κ2) is 6.38. The van der Waals surface area contributed by atoms with E-state index in [1.807, 2.05) is 0 Å². The second-order valence-corrected chi connectivity index (χ2v) is 7.68. The van der Waals surface area contributed by atoms with Gasteiger partial charge in [-0.15, -0.1) is 0 Å². The summed E-state index contributed by atoms with van der Waals surface area (Å²) >= 11 is 0. The topological polar surface area (TPSA) is 15.3 Å². The van der Waals surface area contributed by atoms with Crippen molar-refractivity contribution in [1.82, 2.24) is 10.2 Å². The number of hydrogen-bond acceptors (Lipinski definition) is 2. The molecular formula is C16H34N2. The fourth-order valence-electron chi connectivity index (χ4n) is 3.01. The van der Waals surface area contributed by atoms with Crippen LogP contribution in [0.1, 0.15) is 67.2 Å². The van der Waals surface area contributed by atoms with Crippen LogP contribution >= 0.6 is 0 Å². The zero-order valence-electron chi connectivity index (χ0n) is 13.5. The van der Waals surface area contributed by atoms with Crippen LogP contribution in [-0.4, -0.2) is 36.1 Å². The van der Waals surface area contributed by atoms with Crippen LogP contribution in [0.2, 0.25) is 0 Å². The standard InChI is InChI=1S/C16H34N2/c1-7-8-9-10-11-18-13-16(5,6)17-12-14(18)15(2,3)4/h14,17H,7-13H2,1-6H3. The molecule has 0 radical (unpaired) electrons. The molecule has 2 heteroatoms. The van der Waals surface area contributed by atoms with Gasteiger partial charge in [-0.25, -0.2) is 0 Å². The monoisotopic (exact) mass is 254 g/mol. The number of hydrogen-bond donors (Lipinski definition) is 1. The Morgan fingerprint density at radius 2 is 1.83 bits per heavy atom. The van der Waals surface area contributed by atoms with Crippen molar-refractivity contribution in [3.05, 3.63) is 0 Å². The average molecular weight is 254 g/mol. The minimum absolute atomic E-state index is 0.270. The Morgan fingerprint density at radius 3 is 2.39 bits per heavy atom. The van der Waals surface area contributed by atoms with Crippen LogP contribution < -0.4 is 5.32 Å². The van der Waals surface area contributed by atoms with E-state index >= 15 is 0 Å². The van der Waals surface area contributed by atoms with Gasteiger partial charge in [-0.05, 0) is 32.2 Å². The van der Waals surface area contributed by atoms with E-state index in [2.05, 4.69) is 51.8 Å². The van der Waals surface area contributed by atoms with E-state index in [-0.39, 0.29) is 5.54 Å². The van der Waals surface area contributed by atoms with Gasteiger partial charge < -0.3 is 5.32 Å². The molecular weight excluding hydrogens is 220 g/mol. The molecule has 1 fully saturated rings. The summed E-state index contributed by atoms with van der Waals surface area (Å²) in [5.74, 6) is 0. The van der Waals surface area contributed by atoms with E-state index in [0.29, 0.717) is 11.5 Å². The lowest BCUT2D eigenvalue weighted by Gasteiger charge is -2.49. The molecule has 108 valence electrons. The third-order valence-corrected chi connectivity index (χ3v) is 4.11. The average Bonchev–Trinajstić information content (AvgIpc) is 2.21. The van der Waals surface area contributed by atoms with Gasteiger partial charge in [0, 0.05) is 24.7 Å². The van der Waals surface area contributed by atoms with Crippen molar-refractivity contribution in [2.24, 2.45) is 5.41 Å². The van der Waals surface area contributed by atoms with E-state index < -0.39 is 0 Å². The maximum Gasteiger partial charge on any atom is 0.0270 e. The summed E-state index contributed by atoms with van der Waals surface area (Å²) in [7, 11) is 0. The lowest BCUT2D eigenvalue weighted by Crippen LogP contribution is -2.64. The fraction of sp³-hybridized carbons (Fsp3) is 1.00. The van der Waals surface area contributed by atoms with Gasteiger partial charge in [0.15, 0.2) is 0 Å². The van der Waals surface area contributed by atoms with E-state index in [4.69, 9.17) is 0 Å². The molecule has 0 aromatic heterocycles. The minimum atomic E-state index is 0.270. The van der Waals surface area contributed by atoms with Gasteiger partial charge in [0.05, 0.1) is 0 Å². The van der Waals surface area contributed by atoms with Crippen LogP contribution in [0.5, 0.6) is 0 Å². The highest BCUT2D eigenvalue weighted by Crippen LogP contribution is 2.29. The molecule has 1 heterocycles. The largest absolute Gasteiger partial charge is 0.309 e. The van der Waals surface area contributed by atoms with E-state index in [1.54, 1.807) is 0 Å². The molecule has 1 aliphatic rings. The highest BCUT2D eigenvalue weighted by atomic mass is 15.3. The summed E-state index contributed by atoms with van der Waals surface area (Å²) in [5.41, 5.74) is 0.640. The molecule has 18 heavy (non-hydrogen) atoms. The number of rotatable bonds is 5. The summed E-state index contributed by atoms with van der Waals surface area (Å²) in [6.45, 7) is 17.6. The zero-order valence-corrected chi connectivity index (χ0v) is 13.5. The molecule has 1 atom stereocenters. The maximum atomic E-state index is 3.70. The van der Waals surface area contributed by atoms with Crippen molar-refractivity contribution >= 4 is 0 Å². The summed E-state index contributed by atoms with van der Waals surface area (Å²) in [4.78, 5) is 2.73. The molecule has 0 saturated carbocycles. The van der Waals surface area contributed by atoms with Crippen molar-refractivity contribution < 1.29 is 0 Å². The summed E-state index contributed by atoms with van der Waals surface area (Å²) in [6, 6.07) is 0.673. The molecule has 0 aromatic rings.